The lowest BCUT2D eigenvalue weighted by Gasteiger charge is -2.12. The van der Waals surface area contributed by atoms with Crippen molar-refractivity contribution in [1.82, 2.24) is 4.98 Å². The number of nitrogens with two attached hydrogens (primary N) is 1. The Labute approximate surface area is 128 Å². The van der Waals surface area contributed by atoms with E-state index in [2.05, 4.69) is 9.72 Å². The van der Waals surface area contributed by atoms with E-state index in [9.17, 15) is 18.3 Å². The standard InChI is InChI=1S/C16H11F3N2O2/c17-16(18,19)23-12-3-4-14(22)13(7-12)9-1-2-10-8-21-15(20)6-11(10)5-9/h1-8,22H,(H2,20,21). The van der Waals surface area contributed by atoms with Gasteiger partial charge >= 0.3 is 6.36 Å². The summed E-state index contributed by atoms with van der Waals surface area (Å²) in [6, 6.07) is 10.1. The second-order valence-electron chi connectivity index (χ2n) is 4.90. The molecule has 1 heterocycles. The Bertz CT molecular complexity index is 879. The summed E-state index contributed by atoms with van der Waals surface area (Å²) in [5, 5.41) is 11.5. The molecule has 0 spiro atoms. The predicted octanol–water partition coefficient (Wildman–Crippen LogP) is 4.09. The van der Waals surface area contributed by atoms with Crippen molar-refractivity contribution in [3.63, 3.8) is 0 Å². The van der Waals surface area contributed by atoms with Crippen LogP contribution in [0, 0.1) is 0 Å². The van der Waals surface area contributed by atoms with Gasteiger partial charge in [0.25, 0.3) is 0 Å². The van der Waals surface area contributed by atoms with E-state index in [-0.39, 0.29) is 11.3 Å². The zero-order valence-electron chi connectivity index (χ0n) is 11.6. The first-order valence-electron chi connectivity index (χ1n) is 6.56. The molecule has 0 atom stereocenters. The lowest BCUT2D eigenvalue weighted by atomic mass is 10.0. The lowest BCUT2D eigenvalue weighted by molar-refractivity contribution is -0.274. The zero-order valence-corrected chi connectivity index (χ0v) is 11.6. The molecule has 3 aromatic rings. The van der Waals surface area contributed by atoms with Crippen molar-refractivity contribution in [3.8, 4) is 22.6 Å². The van der Waals surface area contributed by atoms with Crippen molar-refractivity contribution >= 4 is 16.6 Å². The van der Waals surface area contributed by atoms with Gasteiger partial charge in [-0.25, -0.2) is 4.98 Å². The Kier molecular flexibility index (Phi) is 3.48. The number of anilines is 1. The van der Waals surface area contributed by atoms with Crippen LogP contribution in [0.1, 0.15) is 0 Å². The van der Waals surface area contributed by atoms with Crippen LogP contribution >= 0.6 is 0 Å². The fraction of sp³-hybridized carbons (Fsp3) is 0.0625. The fourth-order valence-corrected chi connectivity index (χ4v) is 2.27. The molecule has 0 saturated heterocycles. The van der Waals surface area contributed by atoms with Gasteiger partial charge in [-0.2, -0.15) is 0 Å². The molecule has 23 heavy (non-hydrogen) atoms. The molecule has 0 bridgehead atoms. The Morgan fingerprint density at radius 1 is 1.00 bits per heavy atom. The molecule has 0 radical (unpaired) electrons. The average molecular weight is 320 g/mol. The van der Waals surface area contributed by atoms with Crippen molar-refractivity contribution in [2.24, 2.45) is 0 Å². The van der Waals surface area contributed by atoms with Crippen LogP contribution in [0.2, 0.25) is 0 Å². The smallest absolute Gasteiger partial charge is 0.507 e. The van der Waals surface area contributed by atoms with Crippen LogP contribution in [0.15, 0.2) is 48.7 Å². The van der Waals surface area contributed by atoms with Crippen molar-refractivity contribution in [2.75, 3.05) is 5.73 Å². The number of fused-ring (bicyclic) bond motifs is 1. The molecule has 0 saturated carbocycles. The normalized spacial score (nSPS) is 11.6. The van der Waals surface area contributed by atoms with E-state index in [0.717, 1.165) is 29.0 Å². The second-order valence-corrected chi connectivity index (χ2v) is 4.90. The third-order valence-electron chi connectivity index (χ3n) is 3.26. The molecule has 3 rings (SSSR count). The Balaban J connectivity index is 2.08. The first kappa shape index (κ1) is 15.0. The minimum atomic E-state index is -4.79. The van der Waals surface area contributed by atoms with Gasteiger partial charge in [-0.1, -0.05) is 12.1 Å². The number of aromatic nitrogens is 1. The number of phenols is 1. The number of benzene rings is 2. The van der Waals surface area contributed by atoms with E-state index < -0.39 is 12.1 Å². The maximum Gasteiger partial charge on any atom is 0.573 e. The highest BCUT2D eigenvalue weighted by Crippen LogP contribution is 2.35. The number of hydrogen-bond acceptors (Lipinski definition) is 4. The summed E-state index contributed by atoms with van der Waals surface area (Å²) in [7, 11) is 0. The molecule has 0 unspecified atom stereocenters. The number of phenolic OH excluding ortho intramolecular Hbond substituents is 1. The van der Waals surface area contributed by atoms with Gasteiger partial charge in [-0.05, 0) is 41.3 Å². The maximum absolute atomic E-state index is 12.3. The molecule has 2 aromatic carbocycles. The van der Waals surface area contributed by atoms with Crippen LogP contribution in [0.5, 0.6) is 11.5 Å². The van der Waals surface area contributed by atoms with E-state index >= 15 is 0 Å². The van der Waals surface area contributed by atoms with E-state index in [1.165, 1.54) is 0 Å². The summed E-state index contributed by atoms with van der Waals surface area (Å²) in [4.78, 5) is 3.97. The maximum atomic E-state index is 12.3. The zero-order chi connectivity index (χ0) is 16.6. The van der Waals surface area contributed by atoms with Gasteiger partial charge in [0, 0.05) is 17.1 Å². The van der Waals surface area contributed by atoms with Crippen LogP contribution < -0.4 is 10.5 Å². The van der Waals surface area contributed by atoms with Crippen molar-refractivity contribution in [2.45, 2.75) is 6.36 Å². The van der Waals surface area contributed by atoms with Crippen LogP contribution in [0.25, 0.3) is 21.9 Å². The monoisotopic (exact) mass is 320 g/mol. The highest BCUT2D eigenvalue weighted by Gasteiger charge is 2.31. The third-order valence-corrected chi connectivity index (χ3v) is 3.26. The van der Waals surface area contributed by atoms with E-state index in [1.807, 2.05) is 0 Å². The van der Waals surface area contributed by atoms with E-state index in [1.54, 1.807) is 30.5 Å². The first-order chi connectivity index (χ1) is 10.8. The topological polar surface area (TPSA) is 68.4 Å². The van der Waals surface area contributed by atoms with Gasteiger partial charge < -0.3 is 15.6 Å². The fourth-order valence-electron chi connectivity index (χ4n) is 2.27. The number of ether oxygens (including phenoxy) is 1. The number of pyridine rings is 1. The molecular weight excluding hydrogens is 309 g/mol. The van der Waals surface area contributed by atoms with Gasteiger partial charge in [0.05, 0.1) is 0 Å². The third kappa shape index (κ3) is 3.28. The minimum Gasteiger partial charge on any atom is -0.507 e. The number of nitrogens with zero attached hydrogens (tertiary/aromatic N) is 1. The number of halogens is 3. The summed E-state index contributed by atoms with van der Waals surface area (Å²) >= 11 is 0. The highest BCUT2D eigenvalue weighted by molar-refractivity contribution is 5.89. The predicted molar refractivity (Wildman–Crippen MR) is 79.9 cm³/mol. The van der Waals surface area contributed by atoms with Gasteiger partial charge in [-0.3, -0.25) is 0 Å². The minimum absolute atomic E-state index is 0.152. The van der Waals surface area contributed by atoms with Gasteiger partial charge in [0.2, 0.25) is 0 Å². The summed E-state index contributed by atoms with van der Waals surface area (Å²) in [6.45, 7) is 0. The second kappa shape index (κ2) is 5.35. The average Bonchev–Trinajstić information content (AvgIpc) is 2.47. The van der Waals surface area contributed by atoms with Gasteiger partial charge in [0.15, 0.2) is 0 Å². The molecular formula is C16H11F3N2O2. The summed E-state index contributed by atoms with van der Waals surface area (Å²) < 4.78 is 40.9. The highest BCUT2D eigenvalue weighted by atomic mass is 19.4. The molecule has 1 aromatic heterocycles. The number of nitrogen functional groups attached to an aromatic ring is 1. The van der Waals surface area contributed by atoms with E-state index in [4.69, 9.17) is 5.73 Å². The number of aromatic hydroxyl groups is 1. The summed E-state index contributed by atoms with van der Waals surface area (Å²) in [6.07, 6.45) is -3.20. The molecule has 7 heteroatoms. The summed E-state index contributed by atoms with van der Waals surface area (Å²) in [5.41, 5.74) is 6.39. The molecule has 4 nitrogen and oxygen atoms in total. The van der Waals surface area contributed by atoms with Crippen molar-refractivity contribution in [3.05, 3.63) is 48.7 Å². The molecule has 3 N–H and O–H groups in total. The number of hydrogen-bond donors (Lipinski definition) is 2. The molecule has 0 amide bonds. The molecule has 0 aliphatic carbocycles. The Morgan fingerprint density at radius 2 is 1.78 bits per heavy atom. The van der Waals surface area contributed by atoms with Crippen LogP contribution in [0.3, 0.4) is 0 Å². The Morgan fingerprint density at radius 3 is 2.52 bits per heavy atom. The van der Waals surface area contributed by atoms with E-state index in [0.29, 0.717) is 11.4 Å². The van der Waals surface area contributed by atoms with Crippen LogP contribution in [0.4, 0.5) is 19.0 Å². The van der Waals surface area contributed by atoms with Crippen molar-refractivity contribution < 1.29 is 23.0 Å². The number of rotatable bonds is 2. The lowest BCUT2D eigenvalue weighted by Crippen LogP contribution is -2.17. The molecule has 0 aliphatic rings. The molecule has 118 valence electrons. The van der Waals surface area contributed by atoms with Crippen LogP contribution in [-0.2, 0) is 0 Å². The SMILES string of the molecule is Nc1cc2cc(-c3cc(OC(F)(F)F)ccc3O)ccc2cn1. The molecule has 0 fully saturated rings. The molecule has 0 aliphatic heterocycles. The largest absolute Gasteiger partial charge is 0.573 e. The van der Waals surface area contributed by atoms with Crippen molar-refractivity contribution in [1.29, 1.82) is 0 Å². The van der Waals surface area contributed by atoms with Crippen LogP contribution in [-0.4, -0.2) is 16.5 Å². The van der Waals surface area contributed by atoms with Gasteiger partial charge in [-0.15, -0.1) is 13.2 Å². The number of alkyl halides is 3. The summed E-state index contributed by atoms with van der Waals surface area (Å²) in [5.74, 6) is -0.228. The van der Waals surface area contributed by atoms with Gasteiger partial charge in [0.1, 0.15) is 17.3 Å². The quantitative estimate of drug-likeness (QED) is 0.746. The Hall–Kier alpha value is -2.96. The first-order valence-corrected chi connectivity index (χ1v) is 6.56.